The van der Waals surface area contributed by atoms with Crippen LogP contribution >= 0.6 is 23.2 Å². The second-order valence-electron chi connectivity index (χ2n) is 7.64. The molecule has 0 N–H and O–H groups in total. The van der Waals surface area contributed by atoms with Gasteiger partial charge in [0.1, 0.15) is 12.2 Å². The molecule has 1 saturated carbocycles. The molecule has 3 aromatic rings. The van der Waals surface area contributed by atoms with Crippen LogP contribution in [-0.4, -0.2) is 48.8 Å². The Kier molecular flexibility index (Phi) is 4.55. The Morgan fingerprint density at radius 1 is 1.24 bits per heavy atom. The number of aryl methyl sites for hydroxylation is 1. The number of aromatic nitrogens is 5. The summed E-state index contributed by atoms with van der Waals surface area (Å²) in [5, 5.41) is 9.07. The number of halogens is 2. The van der Waals surface area contributed by atoms with E-state index in [0.717, 1.165) is 12.0 Å². The van der Waals surface area contributed by atoms with Gasteiger partial charge in [-0.3, -0.25) is 9.48 Å². The third kappa shape index (κ3) is 3.30. The fraction of sp³-hybridized carbons (Fsp3) is 0.421. The van der Waals surface area contributed by atoms with Crippen LogP contribution < -0.4 is 0 Å². The second-order valence-corrected chi connectivity index (χ2v) is 8.46. The molecule has 2 aromatic heterocycles. The molecule has 1 aromatic carbocycles. The minimum absolute atomic E-state index is 0.0799. The molecule has 0 radical (unpaired) electrons. The van der Waals surface area contributed by atoms with Crippen LogP contribution in [0.2, 0.25) is 10.0 Å². The van der Waals surface area contributed by atoms with Gasteiger partial charge in [0.05, 0.1) is 16.5 Å². The lowest BCUT2D eigenvalue weighted by Gasteiger charge is -2.52. The van der Waals surface area contributed by atoms with Gasteiger partial charge in [-0.05, 0) is 36.5 Å². The molecule has 1 unspecified atom stereocenters. The quantitative estimate of drug-likeness (QED) is 0.629. The van der Waals surface area contributed by atoms with E-state index in [9.17, 15) is 4.79 Å². The molecule has 3 atom stereocenters. The Bertz CT molecular complexity index is 1070. The highest BCUT2D eigenvalue weighted by Crippen LogP contribution is 2.51. The lowest BCUT2D eigenvalue weighted by Crippen LogP contribution is -2.56. The number of amides is 1. The highest BCUT2D eigenvalue weighted by atomic mass is 35.5. The zero-order valence-corrected chi connectivity index (χ0v) is 17.1. The standard InChI is InChI=1S/C19H18Cl2N6O2/c1-26-15(22-9-23-26)6-16(28)27-7-11-4-12(8-27)17(11)19-24-18(25-29-19)10-2-3-13(20)14(21)5-10/h2-3,5,9,11-12,17H,4,6-8H2,1H3/t11-,12+,17?. The van der Waals surface area contributed by atoms with E-state index in [1.165, 1.54) is 6.33 Å². The van der Waals surface area contributed by atoms with Gasteiger partial charge in [0.25, 0.3) is 0 Å². The number of piperidine rings is 2. The number of carbonyl (C=O) groups is 1. The maximum atomic E-state index is 12.6. The van der Waals surface area contributed by atoms with Crippen LogP contribution in [0.15, 0.2) is 29.0 Å². The average molecular weight is 433 g/mol. The van der Waals surface area contributed by atoms with E-state index in [-0.39, 0.29) is 18.2 Å². The number of carbonyl (C=O) groups excluding carboxylic acids is 1. The molecule has 3 fully saturated rings. The molecule has 8 nitrogen and oxygen atoms in total. The van der Waals surface area contributed by atoms with E-state index in [2.05, 4.69) is 20.2 Å². The summed E-state index contributed by atoms with van der Waals surface area (Å²) in [6, 6.07) is 5.26. The van der Waals surface area contributed by atoms with Crippen molar-refractivity contribution in [3.8, 4) is 11.4 Å². The van der Waals surface area contributed by atoms with Crippen LogP contribution in [0.4, 0.5) is 0 Å². The van der Waals surface area contributed by atoms with Gasteiger partial charge in [-0.1, -0.05) is 28.4 Å². The molecule has 2 saturated heterocycles. The molecule has 3 aliphatic rings. The van der Waals surface area contributed by atoms with Gasteiger partial charge in [0, 0.05) is 31.6 Å². The van der Waals surface area contributed by atoms with Crippen molar-refractivity contribution in [1.82, 2.24) is 29.8 Å². The minimum Gasteiger partial charge on any atom is -0.342 e. The normalized spacial score (nSPS) is 23.1. The van der Waals surface area contributed by atoms with Crippen molar-refractivity contribution in [2.75, 3.05) is 13.1 Å². The Labute approximate surface area is 176 Å². The maximum absolute atomic E-state index is 12.6. The van der Waals surface area contributed by atoms with E-state index in [0.29, 0.717) is 52.5 Å². The van der Waals surface area contributed by atoms with Crippen molar-refractivity contribution in [3.05, 3.63) is 46.3 Å². The topological polar surface area (TPSA) is 89.9 Å². The molecule has 6 rings (SSSR count). The van der Waals surface area contributed by atoms with Crippen molar-refractivity contribution in [2.45, 2.75) is 18.8 Å². The predicted octanol–water partition coefficient (Wildman–Crippen LogP) is 2.98. The zero-order valence-electron chi connectivity index (χ0n) is 15.6. The highest BCUT2D eigenvalue weighted by Gasteiger charge is 2.51. The Morgan fingerprint density at radius 3 is 2.72 bits per heavy atom. The van der Waals surface area contributed by atoms with Crippen LogP contribution in [0.5, 0.6) is 0 Å². The first kappa shape index (κ1) is 18.6. The molecular weight excluding hydrogens is 415 g/mol. The maximum Gasteiger partial charge on any atom is 0.230 e. The fourth-order valence-electron chi connectivity index (χ4n) is 4.35. The van der Waals surface area contributed by atoms with Crippen LogP contribution in [0.1, 0.15) is 24.1 Å². The van der Waals surface area contributed by atoms with Gasteiger partial charge in [-0.15, -0.1) is 0 Å². The first-order valence-corrected chi connectivity index (χ1v) is 10.1. The molecule has 29 heavy (non-hydrogen) atoms. The summed E-state index contributed by atoms with van der Waals surface area (Å²) >= 11 is 12.1. The highest BCUT2D eigenvalue weighted by molar-refractivity contribution is 6.42. The predicted molar refractivity (Wildman–Crippen MR) is 105 cm³/mol. The van der Waals surface area contributed by atoms with Gasteiger partial charge < -0.3 is 9.42 Å². The molecule has 2 bridgehead atoms. The molecule has 2 aliphatic heterocycles. The Balaban J connectivity index is 1.27. The number of hydrogen-bond acceptors (Lipinski definition) is 6. The SMILES string of the molecule is Cn1ncnc1CC(=O)N1C[C@H]2C[C@@H](C1)C2c1nc(-c2ccc(Cl)c(Cl)c2)no1. The first-order valence-electron chi connectivity index (χ1n) is 9.39. The number of rotatable bonds is 4. The van der Waals surface area contributed by atoms with Crippen LogP contribution in [-0.2, 0) is 18.3 Å². The monoisotopic (exact) mass is 432 g/mol. The van der Waals surface area contributed by atoms with E-state index >= 15 is 0 Å². The average Bonchev–Trinajstić information content (AvgIpc) is 3.33. The minimum atomic E-state index is 0.0799. The van der Waals surface area contributed by atoms with Crippen molar-refractivity contribution in [1.29, 1.82) is 0 Å². The van der Waals surface area contributed by atoms with Crippen molar-refractivity contribution < 1.29 is 9.32 Å². The lowest BCUT2D eigenvalue weighted by molar-refractivity contribution is -0.139. The van der Waals surface area contributed by atoms with Crippen LogP contribution in [0.25, 0.3) is 11.4 Å². The number of nitrogens with zero attached hydrogens (tertiary/aromatic N) is 6. The Morgan fingerprint density at radius 2 is 2.03 bits per heavy atom. The summed E-state index contributed by atoms with van der Waals surface area (Å²) in [5.41, 5.74) is 0.763. The third-order valence-electron chi connectivity index (χ3n) is 5.90. The summed E-state index contributed by atoms with van der Waals surface area (Å²) in [7, 11) is 1.79. The van der Waals surface area contributed by atoms with Gasteiger partial charge in [0.15, 0.2) is 0 Å². The van der Waals surface area contributed by atoms with Crippen LogP contribution in [0.3, 0.4) is 0 Å². The summed E-state index contributed by atoms with van der Waals surface area (Å²) in [4.78, 5) is 23.3. The van der Waals surface area contributed by atoms with Gasteiger partial charge in [-0.25, -0.2) is 4.98 Å². The molecular formula is C19H18Cl2N6O2. The molecule has 1 aliphatic carbocycles. The van der Waals surface area contributed by atoms with Gasteiger partial charge in [-0.2, -0.15) is 10.1 Å². The lowest BCUT2D eigenvalue weighted by atomic mass is 9.61. The molecule has 4 heterocycles. The van der Waals surface area contributed by atoms with E-state index < -0.39 is 0 Å². The fourth-order valence-corrected chi connectivity index (χ4v) is 4.64. The molecule has 1 amide bonds. The summed E-state index contributed by atoms with van der Waals surface area (Å²) in [6.45, 7) is 1.39. The summed E-state index contributed by atoms with van der Waals surface area (Å²) in [6.07, 6.45) is 2.80. The number of fused-ring (bicyclic) bond motifs is 2. The first-order chi connectivity index (χ1) is 14.0. The number of hydrogen-bond donors (Lipinski definition) is 0. The van der Waals surface area contributed by atoms with Crippen molar-refractivity contribution in [3.63, 3.8) is 0 Å². The van der Waals surface area contributed by atoms with E-state index in [1.807, 2.05) is 11.0 Å². The van der Waals surface area contributed by atoms with Gasteiger partial charge in [0.2, 0.25) is 17.6 Å². The number of benzene rings is 1. The smallest absolute Gasteiger partial charge is 0.230 e. The molecule has 150 valence electrons. The van der Waals surface area contributed by atoms with E-state index in [1.54, 1.807) is 23.9 Å². The van der Waals surface area contributed by atoms with E-state index in [4.69, 9.17) is 27.7 Å². The van der Waals surface area contributed by atoms with Crippen molar-refractivity contribution in [2.24, 2.45) is 18.9 Å². The molecule has 10 heteroatoms. The summed E-state index contributed by atoms with van der Waals surface area (Å²) < 4.78 is 7.20. The third-order valence-corrected chi connectivity index (χ3v) is 6.64. The zero-order chi connectivity index (χ0) is 20.1. The summed E-state index contributed by atoms with van der Waals surface area (Å²) in [5.74, 6) is 2.74. The second kappa shape index (κ2) is 7.11. The Hall–Kier alpha value is -2.45. The molecule has 0 spiro atoms. The van der Waals surface area contributed by atoms with Crippen molar-refractivity contribution >= 4 is 29.1 Å². The largest absolute Gasteiger partial charge is 0.342 e. The van der Waals surface area contributed by atoms with Gasteiger partial charge >= 0.3 is 0 Å². The van der Waals surface area contributed by atoms with Crippen LogP contribution in [0, 0.1) is 11.8 Å².